The number of esters is 1. The van der Waals surface area contributed by atoms with Crippen molar-refractivity contribution in [2.45, 2.75) is 46.1 Å². The third kappa shape index (κ3) is 3.58. The van der Waals surface area contributed by atoms with E-state index in [1.54, 1.807) is 36.4 Å². The molecule has 2 atom stereocenters. The predicted molar refractivity (Wildman–Crippen MR) is 121 cm³/mol. The highest BCUT2D eigenvalue weighted by Gasteiger charge is 2.51. The molecule has 3 aliphatic rings. The number of carbonyl (C=O) groups excluding carboxylic acids is 4. The van der Waals surface area contributed by atoms with Gasteiger partial charge in [0, 0.05) is 34.8 Å². The number of carbonyl (C=O) groups is 4. The standard InChI is InChI=1S/C27H27NO5/c1-26(2)11-16-12-27(3,14-26)15-28(16)21(29)13-33-25(32)20-10-6-9-19-22(20)24(31)18-8-5-4-7-17(18)23(19)30/h4-10,16H,11-15H2,1-3H3. The van der Waals surface area contributed by atoms with Crippen molar-refractivity contribution in [3.05, 3.63) is 70.3 Å². The molecule has 6 nitrogen and oxygen atoms in total. The Bertz CT molecular complexity index is 1210. The van der Waals surface area contributed by atoms with Crippen LogP contribution in [0, 0.1) is 10.8 Å². The number of nitrogens with zero attached hydrogens (tertiary/aromatic N) is 1. The molecule has 5 rings (SSSR count). The molecule has 33 heavy (non-hydrogen) atoms. The quantitative estimate of drug-likeness (QED) is 0.568. The maximum atomic E-state index is 13.1. The molecule has 1 amide bonds. The molecule has 0 radical (unpaired) electrons. The molecular formula is C27H27NO5. The zero-order valence-corrected chi connectivity index (χ0v) is 19.1. The molecule has 2 unspecified atom stereocenters. The summed E-state index contributed by atoms with van der Waals surface area (Å²) in [6.45, 7) is 6.98. The first-order valence-corrected chi connectivity index (χ1v) is 11.4. The summed E-state index contributed by atoms with van der Waals surface area (Å²) >= 11 is 0. The molecular weight excluding hydrogens is 418 g/mol. The molecule has 1 heterocycles. The van der Waals surface area contributed by atoms with E-state index in [1.807, 2.05) is 4.90 Å². The maximum Gasteiger partial charge on any atom is 0.339 e. The Kier molecular flexibility index (Phi) is 4.82. The Morgan fingerprint density at radius 2 is 1.61 bits per heavy atom. The molecule has 0 aromatic heterocycles. The summed E-state index contributed by atoms with van der Waals surface area (Å²) in [6, 6.07) is 11.3. The van der Waals surface area contributed by atoms with Crippen molar-refractivity contribution < 1.29 is 23.9 Å². The molecule has 1 saturated carbocycles. The van der Waals surface area contributed by atoms with Gasteiger partial charge in [0.25, 0.3) is 5.91 Å². The zero-order chi connectivity index (χ0) is 23.5. The minimum Gasteiger partial charge on any atom is -0.452 e. The summed E-state index contributed by atoms with van der Waals surface area (Å²) in [5.41, 5.74) is 1.11. The predicted octanol–water partition coefficient (Wildman–Crippen LogP) is 4.05. The number of hydrogen-bond donors (Lipinski definition) is 0. The Balaban J connectivity index is 1.34. The highest BCUT2D eigenvalue weighted by Crippen LogP contribution is 2.52. The summed E-state index contributed by atoms with van der Waals surface area (Å²) < 4.78 is 5.38. The van der Waals surface area contributed by atoms with Crippen molar-refractivity contribution in [2.24, 2.45) is 10.8 Å². The van der Waals surface area contributed by atoms with Crippen molar-refractivity contribution in [1.82, 2.24) is 4.90 Å². The van der Waals surface area contributed by atoms with Gasteiger partial charge in [0.15, 0.2) is 18.2 Å². The van der Waals surface area contributed by atoms with E-state index in [1.165, 1.54) is 6.07 Å². The number of amides is 1. The van der Waals surface area contributed by atoms with Crippen LogP contribution in [0.3, 0.4) is 0 Å². The Morgan fingerprint density at radius 3 is 2.33 bits per heavy atom. The molecule has 2 fully saturated rings. The average molecular weight is 446 g/mol. The smallest absolute Gasteiger partial charge is 0.339 e. The van der Waals surface area contributed by atoms with E-state index in [0.717, 1.165) is 19.3 Å². The van der Waals surface area contributed by atoms with Crippen LogP contribution in [0.1, 0.15) is 82.2 Å². The van der Waals surface area contributed by atoms with E-state index in [-0.39, 0.29) is 63.2 Å². The second-order valence-corrected chi connectivity index (χ2v) is 10.7. The lowest BCUT2D eigenvalue weighted by molar-refractivity contribution is -0.135. The van der Waals surface area contributed by atoms with Crippen molar-refractivity contribution in [2.75, 3.05) is 13.2 Å². The van der Waals surface area contributed by atoms with Crippen LogP contribution in [0.2, 0.25) is 0 Å². The van der Waals surface area contributed by atoms with Crippen LogP contribution < -0.4 is 0 Å². The lowest BCUT2D eigenvalue weighted by Gasteiger charge is -2.39. The number of ether oxygens (including phenoxy) is 1. The minimum atomic E-state index is -0.769. The maximum absolute atomic E-state index is 13.1. The number of ketones is 2. The van der Waals surface area contributed by atoms with Crippen molar-refractivity contribution in [3.8, 4) is 0 Å². The van der Waals surface area contributed by atoms with Gasteiger partial charge < -0.3 is 9.64 Å². The van der Waals surface area contributed by atoms with E-state index in [4.69, 9.17) is 4.74 Å². The van der Waals surface area contributed by atoms with Crippen LogP contribution in [-0.4, -0.2) is 47.5 Å². The van der Waals surface area contributed by atoms with Gasteiger partial charge in [-0.3, -0.25) is 14.4 Å². The summed E-state index contributed by atoms with van der Waals surface area (Å²) in [5.74, 6) is -1.67. The number of likely N-dealkylation sites (tertiary alicyclic amines) is 1. The minimum absolute atomic E-state index is 0.0152. The van der Waals surface area contributed by atoms with Gasteiger partial charge in [0.1, 0.15) is 0 Å². The van der Waals surface area contributed by atoms with Crippen LogP contribution in [0.25, 0.3) is 0 Å². The summed E-state index contributed by atoms with van der Waals surface area (Å²) in [4.78, 5) is 53.8. The van der Waals surface area contributed by atoms with Gasteiger partial charge >= 0.3 is 5.97 Å². The molecule has 170 valence electrons. The molecule has 2 aliphatic carbocycles. The van der Waals surface area contributed by atoms with E-state index in [9.17, 15) is 19.2 Å². The first kappa shape index (κ1) is 21.6. The SMILES string of the molecule is CC1(C)CC2CC(C)(CN2C(=O)COC(=O)c2cccc3c2C(=O)c2ccccc2C3=O)C1. The number of rotatable bonds is 3. The fourth-order valence-electron chi connectivity index (χ4n) is 6.35. The van der Waals surface area contributed by atoms with Gasteiger partial charge in [0.05, 0.1) is 5.56 Å². The molecule has 1 aliphatic heterocycles. The van der Waals surface area contributed by atoms with Gasteiger partial charge in [-0.25, -0.2) is 4.79 Å². The fourth-order valence-corrected chi connectivity index (χ4v) is 6.35. The molecule has 0 N–H and O–H groups in total. The molecule has 2 bridgehead atoms. The average Bonchev–Trinajstić information content (AvgIpc) is 3.03. The van der Waals surface area contributed by atoms with Crippen LogP contribution in [0.4, 0.5) is 0 Å². The summed E-state index contributed by atoms with van der Waals surface area (Å²) in [5, 5.41) is 0. The molecule has 2 aromatic carbocycles. The third-order valence-electron chi connectivity index (χ3n) is 7.23. The number of fused-ring (bicyclic) bond motifs is 4. The fraction of sp³-hybridized carbons (Fsp3) is 0.407. The normalized spacial score (nSPS) is 24.8. The van der Waals surface area contributed by atoms with Gasteiger partial charge in [-0.15, -0.1) is 0 Å². The van der Waals surface area contributed by atoms with E-state index in [2.05, 4.69) is 20.8 Å². The van der Waals surface area contributed by atoms with Crippen molar-refractivity contribution in [3.63, 3.8) is 0 Å². The van der Waals surface area contributed by atoms with E-state index >= 15 is 0 Å². The molecule has 1 saturated heterocycles. The van der Waals surface area contributed by atoms with Crippen LogP contribution in [-0.2, 0) is 9.53 Å². The van der Waals surface area contributed by atoms with Gasteiger partial charge in [0.2, 0.25) is 0 Å². The van der Waals surface area contributed by atoms with Crippen LogP contribution in [0.5, 0.6) is 0 Å². The summed E-state index contributed by atoms with van der Waals surface area (Å²) in [7, 11) is 0. The number of benzene rings is 2. The monoisotopic (exact) mass is 445 g/mol. The van der Waals surface area contributed by atoms with Crippen molar-refractivity contribution >= 4 is 23.4 Å². The highest BCUT2D eigenvalue weighted by atomic mass is 16.5. The van der Waals surface area contributed by atoms with E-state index in [0.29, 0.717) is 12.1 Å². The molecule has 0 spiro atoms. The first-order valence-electron chi connectivity index (χ1n) is 11.4. The van der Waals surface area contributed by atoms with E-state index < -0.39 is 5.97 Å². The lowest BCUT2D eigenvalue weighted by Crippen LogP contribution is -2.40. The summed E-state index contributed by atoms with van der Waals surface area (Å²) in [6.07, 6.45) is 2.97. The molecule has 2 aromatic rings. The Hall–Kier alpha value is -3.28. The van der Waals surface area contributed by atoms with Crippen LogP contribution >= 0.6 is 0 Å². The van der Waals surface area contributed by atoms with Crippen LogP contribution in [0.15, 0.2) is 42.5 Å². The Labute approximate surface area is 192 Å². The van der Waals surface area contributed by atoms with Crippen molar-refractivity contribution in [1.29, 1.82) is 0 Å². The topological polar surface area (TPSA) is 80.8 Å². The first-order chi connectivity index (χ1) is 15.6. The molecule has 6 heteroatoms. The highest BCUT2D eigenvalue weighted by molar-refractivity contribution is 6.30. The van der Waals surface area contributed by atoms with Gasteiger partial charge in [-0.2, -0.15) is 0 Å². The zero-order valence-electron chi connectivity index (χ0n) is 19.1. The third-order valence-corrected chi connectivity index (χ3v) is 7.23. The largest absolute Gasteiger partial charge is 0.452 e. The van der Waals surface area contributed by atoms with Gasteiger partial charge in [-0.1, -0.05) is 57.2 Å². The Morgan fingerprint density at radius 1 is 0.939 bits per heavy atom. The number of hydrogen-bond acceptors (Lipinski definition) is 5. The lowest BCUT2D eigenvalue weighted by atomic mass is 9.65. The second kappa shape index (κ2) is 7.37. The second-order valence-electron chi connectivity index (χ2n) is 10.7. The van der Waals surface area contributed by atoms with Gasteiger partial charge in [-0.05, 0) is 36.2 Å².